The third kappa shape index (κ3) is 1.34. The highest BCUT2D eigenvalue weighted by molar-refractivity contribution is 6.05. The van der Waals surface area contributed by atoms with Gasteiger partial charge in [0.15, 0.2) is 0 Å². The monoisotopic (exact) mass is 205 g/mol. The largest absolute Gasteiger partial charge is 0.477 e. The third-order valence-corrected chi connectivity index (χ3v) is 2.13. The van der Waals surface area contributed by atoms with Crippen LogP contribution in [0.1, 0.15) is 10.5 Å². The summed E-state index contributed by atoms with van der Waals surface area (Å²) in [5.74, 6) is -1.25. The van der Waals surface area contributed by atoms with Gasteiger partial charge in [0, 0.05) is 17.0 Å². The van der Waals surface area contributed by atoms with Crippen LogP contribution in [-0.2, 0) is 0 Å². The summed E-state index contributed by atoms with van der Waals surface area (Å²) in [6, 6.07) is 6.64. The normalized spacial score (nSPS) is 10.4. The van der Waals surface area contributed by atoms with Crippen LogP contribution in [0.5, 0.6) is 0 Å². The number of aromatic nitrogens is 1. The Bertz CT molecular complexity index is 556. The molecule has 0 amide bonds. The molecule has 0 atom stereocenters. The molecule has 0 fully saturated rings. The lowest BCUT2D eigenvalue weighted by molar-refractivity contribution is 0.0686. The molecule has 5 heteroatoms. The summed E-state index contributed by atoms with van der Waals surface area (Å²) >= 11 is 0. The molecule has 2 N–H and O–H groups in total. The second kappa shape index (κ2) is 3.13. The summed E-state index contributed by atoms with van der Waals surface area (Å²) in [5, 5.41) is 18.8. The lowest BCUT2D eigenvalue weighted by Crippen LogP contribution is -2.14. The summed E-state index contributed by atoms with van der Waals surface area (Å²) in [7, 11) is 0. The van der Waals surface area contributed by atoms with E-state index in [9.17, 15) is 9.59 Å². The van der Waals surface area contributed by atoms with Crippen LogP contribution in [0.25, 0.3) is 10.8 Å². The maximum Gasteiger partial charge on any atom is 0.416 e. The Morgan fingerprint density at radius 3 is 2.40 bits per heavy atom. The Balaban J connectivity index is 2.86. The fraction of sp³-hybridized carbons (Fsp3) is 0. The van der Waals surface area contributed by atoms with Gasteiger partial charge in [0.25, 0.3) is 0 Å². The lowest BCUT2D eigenvalue weighted by Gasteiger charge is -1.97. The molecule has 1 aromatic heterocycles. The van der Waals surface area contributed by atoms with Crippen molar-refractivity contribution in [2.24, 2.45) is 0 Å². The molecular formula is C10H7NO4. The fourth-order valence-corrected chi connectivity index (χ4v) is 1.53. The zero-order valence-corrected chi connectivity index (χ0v) is 7.54. The van der Waals surface area contributed by atoms with Crippen LogP contribution < -0.4 is 0 Å². The van der Waals surface area contributed by atoms with E-state index in [2.05, 4.69) is 0 Å². The molecule has 0 unspecified atom stereocenters. The van der Waals surface area contributed by atoms with E-state index in [4.69, 9.17) is 10.2 Å². The van der Waals surface area contributed by atoms with Crippen LogP contribution in [0.4, 0.5) is 4.79 Å². The Kier molecular flexibility index (Phi) is 1.93. The van der Waals surface area contributed by atoms with E-state index < -0.39 is 12.1 Å². The maximum atomic E-state index is 10.9. The zero-order valence-electron chi connectivity index (χ0n) is 7.54. The van der Waals surface area contributed by atoms with E-state index in [1.807, 2.05) is 0 Å². The quantitative estimate of drug-likeness (QED) is 0.744. The van der Waals surface area contributed by atoms with Crippen LogP contribution in [0.3, 0.4) is 0 Å². The highest BCUT2D eigenvalue weighted by atomic mass is 16.4. The summed E-state index contributed by atoms with van der Waals surface area (Å²) in [4.78, 5) is 21.7. The van der Waals surface area contributed by atoms with E-state index >= 15 is 0 Å². The molecule has 5 nitrogen and oxygen atoms in total. The molecule has 1 heterocycles. The molecule has 1 aromatic carbocycles. The lowest BCUT2D eigenvalue weighted by atomic mass is 10.2. The van der Waals surface area contributed by atoms with Crippen molar-refractivity contribution in [3.63, 3.8) is 0 Å². The van der Waals surface area contributed by atoms with E-state index in [1.54, 1.807) is 24.3 Å². The number of carbonyl (C=O) groups is 2. The predicted molar refractivity (Wildman–Crippen MR) is 52.3 cm³/mol. The minimum atomic E-state index is -1.30. The van der Waals surface area contributed by atoms with Crippen LogP contribution in [0.15, 0.2) is 30.5 Å². The van der Waals surface area contributed by atoms with Gasteiger partial charge in [-0.3, -0.25) is 0 Å². The second-order valence-electron chi connectivity index (χ2n) is 3.02. The molecule has 0 saturated heterocycles. The van der Waals surface area contributed by atoms with Crippen molar-refractivity contribution in [1.29, 1.82) is 0 Å². The highest BCUT2D eigenvalue weighted by Gasteiger charge is 2.18. The number of aromatic carboxylic acids is 1. The SMILES string of the molecule is O=C(O)c1c2ccccc2cn1C(=O)O. The minimum absolute atomic E-state index is 0.224. The summed E-state index contributed by atoms with van der Waals surface area (Å²) in [5.41, 5.74) is -0.224. The number of benzene rings is 1. The Labute approximate surface area is 84.2 Å². The molecule has 0 aliphatic carbocycles. The molecule has 0 saturated carbocycles. The first-order valence-corrected chi connectivity index (χ1v) is 4.18. The van der Waals surface area contributed by atoms with E-state index in [1.165, 1.54) is 6.20 Å². The van der Waals surface area contributed by atoms with Gasteiger partial charge in [-0.05, 0) is 0 Å². The van der Waals surface area contributed by atoms with Gasteiger partial charge in [0.1, 0.15) is 5.69 Å². The predicted octanol–water partition coefficient (Wildman–Crippen LogP) is 1.87. The smallest absolute Gasteiger partial charge is 0.416 e. The number of nitrogens with zero attached hydrogens (tertiary/aromatic N) is 1. The number of fused-ring (bicyclic) bond motifs is 1. The van der Waals surface area contributed by atoms with Gasteiger partial charge in [-0.2, -0.15) is 0 Å². The summed E-state index contributed by atoms with van der Waals surface area (Å²) in [6.07, 6.45) is -0.00944. The van der Waals surface area contributed by atoms with Crippen molar-refractivity contribution in [2.45, 2.75) is 0 Å². The molecule has 76 valence electrons. The van der Waals surface area contributed by atoms with Gasteiger partial charge in [0.05, 0.1) is 0 Å². The van der Waals surface area contributed by atoms with Crippen molar-refractivity contribution >= 4 is 22.8 Å². The van der Waals surface area contributed by atoms with Gasteiger partial charge in [-0.1, -0.05) is 24.3 Å². The molecule has 15 heavy (non-hydrogen) atoms. The third-order valence-electron chi connectivity index (χ3n) is 2.13. The highest BCUT2D eigenvalue weighted by Crippen LogP contribution is 2.20. The molecule has 0 radical (unpaired) electrons. The first-order chi connectivity index (χ1) is 7.11. The van der Waals surface area contributed by atoms with Crippen LogP contribution in [0.2, 0.25) is 0 Å². The number of hydrogen-bond donors (Lipinski definition) is 2. The van der Waals surface area contributed by atoms with Gasteiger partial charge in [-0.15, -0.1) is 0 Å². The van der Waals surface area contributed by atoms with Crippen molar-refractivity contribution in [2.75, 3.05) is 0 Å². The number of rotatable bonds is 1. The van der Waals surface area contributed by atoms with Crippen LogP contribution in [-0.4, -0.2) is 26.8 Å². The van der Waals surface area contributed by atoms with E-state index in [0.717, 1.165) is 0 Å². The molecule has 0 aliphatic heterocycles. The molecule has 0 spiro atoms. The molecule has 0 aliphatic rings. The number of hydrogen-bond acceptors (Lipinski definition) is 2. The average Bonchev–Trinajstić information content (AvgIpc) is 2.56. The number of carboxylic acid groups (broad SMARTS) is 2. The van der Waals surface area contributed by atoms with Gasteiger partial charge in [0.2, 0.25) is 0 Å². The first-order valence-electron chi connectivity index (χ1n) is 4.18. The number of carboxylic acids is 1. The Morgan fingerprint density at radius 2 is 1.80 bits per heavy atom. The first kappa shape index (κ1) is 9.26. The standard InChI is InChI=1S/C10H7NO4/c12-9(13)8-7-4-2-1-3-6(7)5-11(8)10(14)15/h1-5H,(H,12,13)(H,14,15). The molecule has 2 aromatic rings. The van der Waals surface area contributed by atoms with Gasteiger partial charge >= 0.3 is 12.1 Å². The average molecular weight is 205 g/mol. The van der Waals surface area contributed by atoms with Gasteiger partial charge < -0.3 is 10.2 Å². The minimum Gasteiger partial charge on any atom is -0.477 e. The van der Waals surface area contributed by atoms with Crippen molar-refractivity contribution in [3.8, 4) is 0 Å². The van der Waals surface area contributed by atoms with E-state index in [-0.39, 0.29) is 5.69 Å². The second-order valence-corrected chi connectivity index (χ2v) is 3.02. The van der Waals surface area contributed by atoms with Crippen molar-refractivity contribution in [1.82, 2.24) is 4.57 Å². The van der Waals surface area contributed by atoms with Crippen LogP contribution >= 0.6 is 0 Å². The zero-order chi connectivity index (χ0) is 11.0. The maximum absolute atomic E-state index is 10.9. The van der Waals surface area contributed by atoms with Crippen LogP contribution in [0, 0.1) is 0 Å². The molecule has 0 bridgehead atoms. The van der Waals surface area contributed by atoms with Crippen molar-refractivity contribution < 1.29 is 19.8 Å². The Hall–Kier alpha value is -2.30. The van der Waals surface area contributed by atoms with Gasteiger partial charge in [-0.25, -0.2) is 14.2 Å². The Morgan fingerprint density at radius 1 is 1.13 bits per heavy atom. The summed E-state index contributed by atoms with van der Waals surface area (Å²) < 4.78 is 0.715. The molecule has 2 rings (SSSR count). The molecular weight excluding hydrogens is 198 g/mol. The van der Waals surface area contributed by atoms with E-state index in [0.29, 0.717) is 15.3 Å². The fourth-order valence-electron chi connectivity index (χ4n) is 1.53. The topological polar surface area (TPSA) is 79.5 Å². The van der Waals surface area contributed by atoms with Crippen molar-refractivity contribution in [3.05, 3.63) is 36.2 Å². The summed E-state index contributed by atoms with van der Waals surface area (Å²) in [6.45, 7) is 0.